The minimum atomic E-state index is -2.99. The number of hydrogen-bond acceptors (Lipinski definition) is 3. The summed E-state index contributed by atoms with van der Waals surface area (Å²) in [5.41, 5.74) is 0. The van der Waals surface area contributed by atoms with Crippen LogP contribution >= 0.6 is 0 Å². The monoisotopic (exact) mass is 165 g/mol. The lowest BCUT2D eigenvalue weighted by Gasteiger charge is -1.96. The smallest absolute Gasteiger partial charge is 0.220 e. The van der Waals surface area contributed by atoms with Crippen molar-refractivity contribution in [1.82, 2.24) is 5.32 Å². The molecule has 0 spiro atoms. The largest absolute Gasteiger partial charge is 0.359 e. The molecule has 1 amide bonds. The first-order valence-electron chi connectivity index (χ1n) is 2.84. The molecule has 0 aromatic rings. The molecular formula is C5H11NO3S. The average Bonchev–Trinajstić information content (AvgIpc) is 1.81. The molecule has 0 saturated heterocycles. The van der Waals surface area contributed by atoms with Crippen molar-refractivity contribution in [3.63, 3.8) is 0 Å². The SMILES string of the molecule is CNC(=O)CCS(C)(=O)=O. The number of carbonyl (C=O) groups is 1. The second-order valence-electron chi connectivity index (χ2n) is 2.05. The van der Waals surface area contributed by atoms with Crippen molar-refractivity contribution in [2.45, 2.75) is 6.42 Å². The highest BCUT2D eigenvalue weighted by atomic mass is 32.2. The summed E-state index contributed by atoms with van der Waals surface area (Å²) in [4.78, 5) is 10.5. The average molecular weight is 165 g/mol. The number of carbonyl (C=O) groups excluding carboxylic acids is 1. The summed E-state index contributed by atoms with van der Waals surface area (Å²) in [5.74, 6) is -0.322. The van der Waals surface area contributed by atoms with Crippen LogP contribution in [0.2, 0.25) is 0 Å². The molecule has 0 aliphatic rings. The van der Waals surface area contributed by atoms with Gasteiger partial charge in [-0.1, -0.05) is 0 Å². The number of nitrogens with one attached hydrogen (secondary N) is 1. The van der Waals surface area contributed by atoms with Gasteiger partial charge in [-0.2, -0.15) is 0 Å². The third-order valence-corrected chi connectivity index (χ3v) is 1.92. The highest BCUT2D eigenvalue weighted by Gasteiger charge is 2.04. The van der Waals surface area contributed by atoms with Crippen molar-refractivity contribution in [2.75, 3.05) is 19.1 Å². The molecule has 0 unspecified atom stereocenters. The number of sulfone groups is 1. The van der Waals surface area contributed by atoms with E-state index in [0.717, 1.165) is 6.26 Å². The molecule has 0 rings (SSSR count). The van der Waals surface area contributed by atoms with Gasteiger partial charge in [0.25, 0.3) is 0 Å². The molecule has 4 nitrogen and oxygen atoms in total. The highest BCUT2D eigenvalue weighted by Crippen LogP contribution is 1.87. The molecule has 0 aromatic carbocycles. The van der Waals surface area contributed by atoms with Crippen molar-refractivity contribution >= 4 is 15.7 Å². The lowest BCUT2D eigenvalue weighted by molar-refractivity contribution is -0.120. The Labute approximate surface area is 60.5 Å². The van der Waals surface area contributed by atoms with Crippen LogP contribution in [0.4, 0.5) is 0 Å². The fraction of sp³-hybridized carbons (Fsp3) is 0.800. The van der Waals surface area contributed by atoms with Gasteiger partial charge in [0.05, 0.1) is 5.75 Å². The molecular weight excluding hydrogens is 154 g/mol. The second kappa shape index (κ2) is 3.55. The number of rotatable bonds is 3. The van der Waals surface area contributed by atoms with Gasteiger partial charge in [-0.05, 0) is 0 Å². The van der Waals surface area contributed by atoms with Crippen molar-refractivity contribution in [3.8, 4) is 0 Å². The summed E-state index contributed by atoms with van der Waals surface area (Å²) < 4.78 is 20.9. The van der Waals surface area contributed by atoms with Crippen LogP contribution in [0.5, 0.6) is 0 Å². The number of hydrogen-bond donors (Lipinski definition) is 1. The minimum absolute atomic E-state index is 0.0509. The van der Waals surface area contributed by atoms with Crippen molar-refractivity contribution < 1.29 is 13.2 Å². The van der Waals surface area contributed by atoms with E-state index in [4.69, 9.17) is 0 Å². The van der Waals surface area contributed by atoms with E-state index >= 15 is 0 Å². The Balaban J connectivity index is 3.67. The van der Waals surface area contributed by atoms with Crippen molar-refractivity contribution in [1.29, 1.82) is 0 Å². The Bertz CT molecular complexity index is 207. The predicted octanol–water partition coefficient (Wildman–Crippen LogP) is -0.833. The topological polar surface area (TPSA) is 63.2 Å². The zero-order chi connectivity index (χ0) is 8.20. The first kappa shape index (κ1) is 9.42. The van der Waals surface area contributed by atoms with Gasteiger partial charge < -0.3 is 5.32 Å². The van der Waals surface area contributed by atoms with E-state index in [-0.39, 0.29) is 18.1 Å². The Morgan fingerprint density at radius 3 is 2.30 bits per heavy atom. The first-order valence-corrected chi connectivity index (χ1v) is 4.90. The van der Waals surface area contributed by atoms with Crippen LogP contribution in [0.15, 0.2) is 0 Å². The molecule has 5 heteroatoms. The van der Waals surface area contributed by atoms with Gasteiger partial charge >= 0.3 is 0 Å². The van der Waals surface area contributed by atoms with Gasteiger partial charge in [0.1, 0.15) is 9.84 Å². The standard InChI is InChI=1S/C5H11NO3S/c1-6-5(7)3-4-10(2,8)9/h3-4H2,1-2H3,(H,6,7). The van der Waals surface area contributed by atoms with E-state index in [0.29, 0.717) is 0 Å². The summed E-state index contributed by atoms with van der Waals surface area (Å²) in [6.45, 7) is 0. The lowest BCUT2D eigenvalue weighted by Crippen LogP contribution is -2.20. The van der Waals surface area contributed by atoms with Gasteiger partial charge in [0.15, 0.2) is 0 Å². The van der Waals surface area contributed by atoms with Gasteiger partial charge in [-0.25, -0.2) is 8.42 Å². The van der Waals surface area contributed by atoms with Crippen LogP contribution in [-0.2, 0) is 14.6 Å². The van der Waals surface area contributed by atoms with Gasteiger partial charge in [-0.15, -0.1) is 0 Å². The van der Waals surface area contributed by atoms with E-state index in [1.54, 1.807) is 0 Å². The summed E-state index contributed by atoms with van der Waals surface area (Å²) >= 11 is 0. The Hall–Kier alpha value is -0.580. The summed E-state index contributed by atoms with van der Waals surface area (Å²) in [6.07, 6.45) is 1.16. The third-order valence-electron chi connectivity index (χ3n) is 0.979. The molecule has 0 aliphatic heterocycles. The van der Waals surface area contributed by atoms with Gasteiger partial charge in [-0.3, -0.25) is 4.79 Å². The van der Waals surface area contributed by atoms with Crippen LogP contribution in [0, 0.1) is 0 Å². The molecule has 1 N–H and O–H groups in total. The summed E-state index contributed by atoms with van der Waals surface area (Å²) in [7, 11) is -1.51. The molecule has 60 valence electrons. The fourth-order valence-corrected chi connectivity index (χ4v) is 0.959. The van der Waals surface area contributed by atoms with Gasteiger partial charge in [0, 0.05) is 19.7 Å². The second-order valence-corrected chi connectivity index (χ2v) is 4.31. The van der Waals surface area contributed by atoms with Crippen LogP contribution in [0.1, 0.15) is 6.42 Å². The molecule has 0 heterocycles. The Morgan fingerprint density at radius 1 is 1.50 bits per heavy atom. The molecule has 0 saturated carbocycles. The predicted molar refractivity (Wildman–Crippen MR) is 38.4 cm³/mol. The quantitative estimate of drug-likeness (QED) is 0.593. The minimum Gasteiger partial charge on any atom is -0.359 e. The van der Waals surface area contributed by atoms with E-state index < -0.39 is 9.84 Å². The molecule has 0 fully saturated rings. The normalized spacial score (nSPS) is 11.0. The molecule has 0 radical (unpaired) electrons. The first-order chi connectivity index (χ1) is 4.45. The maximum Gasteiger partial charge on any atom is 0.220 e. The molecule has 0 bridgehead atoms. The molecule has 10 heavy (non-hydrogen) atoms. The Morgan fingerprint density at radius 2 is 2.00 bits per heavy atom. The molecule has 0 aliphatic carbocycles. The van der Waals surface area contributed by atoms with Crippen LogP contribution < -0.4 is 5.32 Å². The highest BCUT2D eigenvalue weighted by molar-refractivity contribution is 7.90. The number of amides is 1. The zero-order valence-corrected chi connectivity index (χ0v) is 6.86. The molecule has 0 atom stereocenters. The van der Waals surface area contributed by atoms with Crippen LogP contribution in [0.25, 0.3) is 0 Å². The molecule has 0 aromatic heterocycles. The Kier molecular flexibility index (Phi) is 3.35. The zero-order valence-electron chi connectivity index (χ0n) is 6.05. The van der Waals surface area contributed by atoms with E-state index in [9.17, 15) is 13.2 Å². The van der Waals surface area contributed by atoms with Crippen LogP contribution in [-0.4, -0.2) is 33.4 Å². The fourth-order valence-electron chi connectivity index (χ4n) is 0.403. The third kappa shape index (κ3) is 5.55. The lowest BCUT2D eigenvalue weighted by atomic mass is 10.5. The van der Waals surface area contributed by atoms with Crippen LogP contribution in [0.3, 0.4) is 0 Å². The maximum atomic E-state index is 10.5. The van der Waals surface area contributed by atoms with E-state index in [2.05, 4.69) is 5.32 Å². The van der Waals surface area contributed by atoms with E-state index in [1.165, 1.54) is 7.05 Å². The summed E-state index contributed by atoms with van der Waals surface area (Å²) in [6, 6.07) is 0. The maximum absolute atomic E-state index is 10.5. The van der Waals surface area contributed by atoms with Gasteiger partial charge in [0.2, 0.25) is 5.91 Å². The van der Waals surface area contributed by atoms with Crippen molar-refractivity contribution in [3.05, 3.63) is 0 Å². The van der Waals surface area contributed by atoms with Crippen molar-refractivity contribution in [2.24, 2.45) is 0 Å². The van der Waals surface area contributed by atoms with E-state index in [1.807, 2.05) is 0 Å². The summed E-state index contributed by atoms with van der Waals surface area (Å²) in [5, 5.41) is 2.33.